The van der Waals surface area contributed by atoms with Crippen LogP contribution in [0.5, 0.6) is 5.75 Å². The molecule has 1 heterocycles. The molecule has 0 radical (unpaired) electrons. The van der Waals surface area contributed by atoms with Gasteiger partial charge in [0.1, 0.15) is 11.3 Å². The number of nitrogens with one attached hydrogen (secondary N) is 1. The van der Waals surface area contributed by atoms with Crippen molar-refractivity contribution in [3.8, 4) is 5.75 Å². The Labute approximate surface area is 129 Å². The van der Waals surface area contributed by atoms with E-state index in [4.69, 9.17) is 22.7 Å². The number of carbonyl (C=O) groups excluding carboxylic acids is 1. The van der Waals surface area contributed by atoms with Crippen molar-refractivity contribution in [3.63, 3.8) is 0 Å². The van der Waals surface area contributed by atoms with Gasteiger partial charge in [0, 0.05) is 6.42 Å². The Kier molecular flexibility index (Phi) is 4.37. The van der Waals surface area contributed by atoms with Crippen LogP contribution in [0.4, 0.5) is 0 Å². The molecule has 0 aliphatic heterocycles. The highest BCUT2D eigenvalue weighted by Gasteiger charge is 2.26. The molecule has 21 heavy (non-hydrogen) atoms. The summed E-state index contributed by atoms with van der Waals surface area (Å²) in [5.41, 5.74) is 6.63. The van der Waals surface area contributed by atoms with Gasteiger partial charge < -0.3 is 20.0 Å². The van der Waals surface area contributed by atoms with Crippen molar-refractivity contribution < 1.29 is 9.53 Å². The van der Waals surface area contributed by atoms with Crippen molar-refractivity contribution in [2.24, 2.45) is 5.73 Å². The van der Waals surface area contributed by atoms with E-state index in [1.807, 2.05) is 36.6 Å². The zero-order chi connectivity index (χ0) is 15.6. The lowest BCUT2D eigenvalue weighted by Crippen LogP contribution is -2.32. The molecule has 5 nitrogen and oxygen atoms in total. The highest BCUT2D eigenvalue weighted by atomic mass is 32.1. The van der Waals surface area contributed by atoms with Crippen LogP contribution in [0.15, 0.2) is 18.2 Å². The van der Waals surface area contributed by atoms with Gasteiger partial charge in [0.15, 0.2) is 4.77 Å². The van der Waals surface area contributed by atoms with E-state index in [1.54, 1.807) is 0 Å². The van der Waals surface area contributed by atoms with Crippen molar-refractivity contribution in [3.05, 3.63) is 23.0 Å². The maximum absolute atomic E-state index is 11.3. The van der Waals surface area contributed by atoms with Crippen LogP contribution >= 0.6 is 12.2 Å². The van der Waals surface area contributed by atoms with Gasteiger partial charge in [0.25, 0.3) is 0 Å². The molecule has 2 rings (SSSR count). The quantitative estimate of drug-likeness (QED) is 0.805. The summed E-state index contributed by atoms with van der Waals surface area (Å²) in [6.07, 6.45) is 1.15. The standard InChI is InChI=1S/C15H21N3O2S/c1-4-8-20-11-7-5-6-10-13(11)17-14(21)18(10)15(2,3)9-12(16)19/h5-7H,4,8-9H2,1-3H3,(H2,16,19)(H,17,21). The maximum atomic E-state index is 11.3. The zero-order valence-corrected chi connectivity index (χ0v) is 13.4. The number of H-pyrrole nitrogens is 1. The first kappa shape index (κ1) is 15.6. The summed E-state index contributed by atoms with van der Waals surface area (Å²) in [5, 5.41) is 0. The summed E-state index contributed by atoms with van der Waals surface area (Å²) >= 11 is 5.43. The van der Waals surface area contributed by atoms with Gasteiger partial charge in [-0.3, -0.25) is 4.79 Å². The molecule has 0 atom stereocenters. The van der Waals surface area contributed by atoms with Crippen LogP contribution in [-0.4, -0.2) is 22.1 Å². The van der Waals surface area contributed by atoms with Crippen molar-refractivity contribution in [2.45, 2.75) is 39.2 Å². The molecule has 0 saturated heterocycles. The molecular weight excluding hydrogens is 286 g/mol. The number of fused-ring (bicyclic) bond motifs is 1. The Morgan fingerprint density at radius 2 is 2.19 bits per heavy atom. The molecule has 0 fully saturated rings. The van der Waals surface area contributed by atoms with Crippen molar-refractivity contribution in [2.75, 3.05) is 6.61 Å². The van der Waals surface area contributed by atoms with E-state index in [0.29, 0.717) is 11.4 Å². The van der Waals surface area contributed by atoms with Crippen molar-refractivity contribution >= 4 is 29.2 Å². The average Bonchev–Trinajstić information content (AvgIpc) is 2.71. The van der Waals surface area contributed by atoms with Crippen LogP contribution in [0, 0.1) is 4.77 Å². The molecule has 1 aromatic heterocycles. The predicted octanol–water partition coefficient (Wildman–Crippen LogP) is 3.10. The van der Waals surface area contributed by atoms with Crippen molar-refractivity contribution in [1.29, 1.82) is 0 Å². The summed E-state index contributed by atoms with van der Waals surface area (Å²) in [6, 6.07) is 5.80. The van der Waals surface area contributed by atoms with Gasteiger partial charge in [-0.05, 0) is 44.6 Å². The van der Waals surface area contributed by atoms with Crippen LogP contribution in [0.2, 0.25) is 0 Å². The lowest BCUT2D eigenvalue weighted by Gasteiger charge is -2.26. The molecular formula is C15H21N3O2S. The van der Waals surface area contributed by atoms with E-state index in [1.165, 1.54) is 0 Å². The van der Waals surface area contributed by atoms with Crippen LogP contribution in [-0.2, 0) is 10.3 Å². The van der Waals surface area contributed by atoms with Crippen LogP contribution in [0.1, 0.15) is 33.6 Å². The number of para-hydroxylation sites is 1. The summed E-state index contributed by atoms with van der Waals surface area (Å²) in [4.78, 5) is 14.5. The monoisotopic (exact) mass is 307 g/mol. The van der Waals surface area contributed by atoms with Gasteiger partial charge in [0.2, 0.25) is 5.91 Å². The molecule has 2 aromatic rings. The van der Waals surface area contributed by atoms with E-state index in [2.05, 4.69) is 11.9 Å². The molecule has 0 spiro atoms. The van der Waals surface area contributed by atoms with E-state index in [0.717, 1.165) is 23.2 Å². The normalized spacial score (nSPS) is 11.8. The average molecular weight is 307 g/mol. The third-order valence-electron chi connectivity index (χ3n) is 3.35. The van der Waals surface area contributed by atoms with Gasteiger partial charge in [-0.15, -0.1) is 0 Å². The number of rotatable bonds is 6. The van der Waals surface area contributed by atoms with E-state index < -0.39 is 5.54 Å². The Morgan fingerprint density at radius 3 is 2.81 bits per heavy atom. The van der Waals surface area contributed by atoms with Gasteiger partial charge in [-0.2, -0.15) is 0 Å². The van der Waals surface area contributed by atoms with Crippen molar-refractivity contribution in [1.82, 2.24) is 9.55 Å². The second-order valence-corrected chi connectivity index (χ2v) is 6.11. The number of carbonyl (C=O) groups is 1. The minimum absolute atomic E-state index is 0.217. The summed E-state index contributed by atoms with van der Waals surface area (Å²) in [5.74, 6) is 0.420. The fourth-order valence-corrected chi connectivity index (χ4v) is 2.99. The number of aromatic amines is 1. The Morgan fingerprint density at radius 1 is 1.48 bits per heavy atom. The molecule has 0 aliphatic carbocycles. The fourth-order valence-electron chi connectivity index (χ4n) is 2.54. The van der Waals surface area contributed by atoms with Crippen LogP contribution in [0.25, 0.3) is 11.0 Å². The fraction of sp³-hybridized carbons (Fsp3) is 0.467. The van der Waals surface area contributed by atoms with E-state index in [9.17, 15) is 4.79 Å². The zero-order valence-electron chi connectivity index (χ0n) is 12.6. The third kappa shape index (κ3) is 3.10. The molecule has 0 aliphatic rings. The maximum Gasteiger partial charge on any atom is 0.219 e. The lowest BCUT2D eigenvalue weighted by atomic mass is 9.99. The SMILES string of the molecule is CCCOc1cccc2c1[nH]c(=S)n2C(C)(C)CC(N)=O. The number of benzene rings is 1. The number of nitrogens with two attached hydrogens (primary N) is 1. The summed E-state index contributed by atoms with van der Waals surface area (Å²) in [6.45, 7) is 6.60. The predicted molar refractivity (Wildman–Crippen MR) is 86.0 cm³/mol. The topological polar surface area (TPSA) is 73.0 Å². The summed E-state index contributed by atoms with van der Waals surface area (Å²) in [7, 11) is 0. The van der Waals surface area contributed by atoms with E-state index >= 15 is 0 Å². The minimum Gasteiger partial charge on any atom is -0.491 e. The molecule has 114 valence electrons. The van der Waals surface area contributed by atoms with Gasteiger partial charge >= 0.3 is 0 Å². The van der Waals surface area contributed by atoms with Crippen LogP contribution < -0.4 is 10.5 Å². The first-order chi connectivity index (χ1) is 9.86. The highest BCUT2D eigenvalue weighted by Crippen LogP contribution is 2.31. The number of imidazole rings is 1. The van der Waals surface area contributed by atoms with Gasteiger partial charge in [-0.1, -0.05) is 13.0 Å². The first-order valence-electron chi connectivity index (χ1n) is 7.02. The highest BCUT2D eigenvalue weighted by molar-refractivity contribution is 7.71. The number of hydrogen-bond donors (Lipinski definition) is 2. The van der Waals surface area contributed by atoms with E-state index in [-0.39, 0.29) is 12.3 Å². The van der Waals surface area contributed by atoms with Crippen LogP contribution in [0.3, 0.4) is 0 Å². The second-order valence-electron chi connectivity index (χ2n) is 5.72. The first-order valence-corrected chi connectivity index (χ1v) is 7.43. The molecule has 1 amide bonds. The lowest BCUT2D eigenvalue weighted by molar-refractivity contribution is -0.119. The number of hydrogen-bond acceptors (Lipinski definition) is 3. The van der Waals surface area contributed by atoms with Gasteiger partial charge in [-0.25, -0.2) is 0 Å². The minimum atomic E-state index is -0.495. The van der Waals surface area contributed by atoms with Gasteiger partial charge in [0.05, 0.1) is 17.7 Å². The Hall–Kier alpha value is -1.82. The number of nitrogens with zero attached hydrogens (tertiary/aromatic N) is 1. The number of amides is 1. The summed E-state index contributed by atoms with van der Waals surface area (Å²) < 4.78 is 8.24. The smallest absolute Gasteiger partial charge is 0.219 e. The third-order valence-corrected chi connectivity index (χ3v) is 3.64. The largest absolute Gasteiger partial charge is 0.491 e. The molecule has 3 N–H and O–H groups in total. The Bertz CT molecular complexity index is 715. The molecule has 0 unspecified atom stereocenters. The number of aromatic nitrogens is 2. The Balaban J connectivity index is 2.58. The number of ether oxygens (including phenoxy) is 1. The second kappa shape index (κ2) is 5.89. The molecule has 0 saturated carbocycles. The molecule has 6 heteroatoms. The molecule has 1 aromatic carbocycles. The molecule has 0 bridgehead atoms. The number of primary amides is 1.